The molecule has 0 aliphatic heterocycles. The minimum atomic E-state index is -0.106. The average Bonchev–Trinajstić information content (AvgIpc) is 2.56. The number of hydrogen-bond donors (Lipinski definition) is 4. The molecule has 0 fully saturated rings. The van der Waals surface area contributed by atoms with Gasteiger partial charge in [0.05, 0.1) is 12.7 Å². The normalized spacial score (nSPS) is 9.00. The van der Waals surface area contributed by atoms with Crippen LogP contribution in [0.25, 0.3) is 0 Å². The summed E-state index contributed by atoms with van der Waals surface area (Å²) in [5.41, 5.74) is 3.50. The molecule has 2 rings (SSSR count). The van der Waals surface area contributed by atoms with Crippen LogP contribution < -0.4 is 21.3 Å². The lowest BCUT2D eigenvalue weighted by molar-refractivity contribution is 0.112. The van der Waals surface area contributed by atoms with Gasteiger partial charge in [-0.1, -0.05) is 24.3 Å². The van der Waals surface area contributed by atoms with Crippen molar-refractivity contribution in [3.05, 3.63) is 54.1 Å². The number of hydrazine groups is 1. The van der Waals surface area contributed by atoms with E-state index in [2.05, 4.69) is 10.7 Å². The standard InChI is InChI=1S/C8H8O3.C7H9N3S/c1-11-7-4-2-3-6(5-9)8(7)10;8-10-7(11)9-6-4-2-1-3-5-6/h2-5,10H,1H3;1-5H,8H2,(H2,9,10,11). The van der Waals surface area contributed by atoms with Gasteiger partial charge in [0.2, 0.25) is 0 Å². The molecule has 0 radical (unpaired) electrons. The molecule has 0 aromatic heterocycles. The number of nitrogens with one attached hydrogen (secondary N) is 2. The molecule has 0 aliphatic rings. The predicted molar refractivity (Wildman–Crippen MR) is 90.0 cm³/mol. The molecule has 0 heterocycles. The molecule has 6 nitrogen and oxygen atoms in total. The molecular weight excluding hydrogens is 302 g/mol. The van der Waals surface area contributed by atoms with Crippen LogP contribution >= 0.6 is 12.2 Å². The number of ether oxygens (including phenoxy) is 1. The van der Waals surface area contributed by atoms with E-state index in [1.807, 2.05) is 30.3 Å². The van der Waals surface area contributed by atoms with E-state index in [1.165, 1.54) is 13.2 Å². The van der Waals surface area contributed by atoms with Crippen LogP contribution in [-0.2, 0) is 0 Å². The average molecular weight is 319 g/mol. The van der Waals surface area contributed by atoms with E-state index in [1.54, 1.807) is 12.1 Å². The molecule has 22 heavy (non-hydrogen) atoms. The lowest BCUT2D eigenvalue weighted by atomic mass is 10.2. The van der Waals surface area contributed by atoms with Gasteiger partial charge in [-0.05, 0) is 36.5 Å². The first kappa shape index (κ1) is 17.4. The molecule has 5 N–H and O–H groups in total. The van der Waals surface area contributed by atoms with E-state index >= 15 is 0 Å². The number of methoxy groups -OCH3 is 1. The molecule has 0 spiro atoms. The van der Waals surface area contributed by atoms with Crippen LogP contribution in [0.3, 0.4) is 0 Å². The Bertz CT molecular complexity index is 621. The molecule has 2 aromatic carbocycles. The lowest BCUT2D eigenvalue weighted by Crippen LogP contribution is -2.34. The molecule has 0 saturated carbocycles. The molecule has 0 amide bonds. The van der Waals surface area contributed by atoms with Crippen LogP contribution in [0.1, 0.15) is 10.4 Å². The topological polar surface area (TPSA) is 96.6 Å². The lowest BCUT2D eigenvalue weighted by Gasteiger charge is -2.04. The van der Waals surface area contributed by atoms with Crippen LogP contribution in [0.2, 0.25) is 0 Å². The van der Waals surface area contributed by atoms with Gasteiger partial charge in [-0.15, -0.1) is 0 Å². The SMILES string of the molecule is COc1cccc(C=O)c1O.NNC(=S)Nc1ccccc1. The molecule has 2 aromatic rings. The quantitative estimate of drug-likeness (QED) is 0.297. The molecule has 0 bridgehead atoms. The summed E-state index contributed by atoms with van der Waals surface area (Å²) in [7, 11) is 1.43. The van der Waals surface area contributed by atoms with Crippen LogP contribution in [0.15, 0.2) is 48.5 Å². The third kappa shape index (κ3) is 5.39. The number of benzene rings is 2. The van der Waals surface area contributed by atoms with Gasteiger partial charge >= 0.3 is 0 Å². The van der Waals surface area contributed by atoms with Gasteiger partial charge in [0.25, 0.3) is 0 Å². The molecule has 0 atom stereocenters. The zero-order chi connectivity index (χ0) is 16.4. The molecule has 0 unspecified atom stereocenters. The number of thiocarbonyl (C=S) groups is 1. The molecule has 0 aliphatic carbocycles. The number of hydrogen-bond acceptors (Lipinski definition) is 5. The minimum absolute atomic E-state index is 0.106. The maximum atomic E-state index is 10.3. The first-order chi connectivity index (χ1) is 10.6. The summed E-state index contributed by atoms with van der Waals surface area (Å²) < 4.78 is 4.78. The summed E-state index contributed by atoms with van der Waals surface area (Å²) >= 11 is 4.79. The van der Waals surface area contributed by atoms with Crippen molar-refractivity contribution in [3.63, 3.8) is 0 Å². The zero-order valence-corrected chi connectivity index (χ0v) is 12.8. The van der Waals surface area contributed by atoms with Gasteiger partial charge in [-0.25, -0.2) is 5.84 Å². The predicted octanol–water partition coefficient (Wildman–Crippen LogP) is 2.06. The summed E-state index contributed by atoms with van der Waals surface area (Å²) in [6.45, 7) is 0. The Hall–Kier alpha value is -2.64. The van der Waals surface area contributed by atoms with E-state index in [9.17, 15) is 9.90 Å². The third-order valence-corrected chi connectivity index (χ3v) is 2.76. The fourth-order valence-electron chi connectivity index (χ4n) is 1.49. The van der Waals surface area contributed by atoms with Crippen LogP contribution in [0.4, 0.5) is 5.69 Å². The number of anilines is 1. The molecular formula is C15H17N3O3S. The van der Waals surface area contributed by atoms with Crippen molar-refractivity contribution in [2.45, 2.75) is 0 Å². The van der Waals surface area contributed by atoms with Gasteiger partial charge in [0.1, 0.15) is 0 Å². The van der Waals surface area contributed by atoms with E-state index < -0.39 is 0 Å². The fourth-order valence-corrected chi connectivity index (χ4v) is 1.61. The summed E-state index contributed by atoms with van der Waals surface area (Å²) in [6.07, 6.45) is 0.581. The van der Waals surface area contributed by atoms with Crippen molar-refractivity contribution >= 4 is 29.3 Å². The highest BCUT2D eigenvalue weighted by atomic mass is 32.1. The highest BCUT2D eigenvalue weighted by molar-refractivity contribution is 7.80. The van der Waals surface area contributed by atoms with Crippen molar-refractivity contribution in [1.82, 2.24) is 5.43 Å². The number of phenols is 1. The molecule has 7 heteroatoms. The Morgan fingerprint density at radius 2 is 1.91 bits per heavy atom. The van der Waals surface area contributed by atoms with Gasteiger partial charge < -0.3 is 20.6 Å². The summed E-state index contributed by atoms with van der Waals surface area (Å²) in [6, 6.07) is 14.3. The Kier molecular flexibility index (Phi) is 7.38. The van der Waals surface area contributed by atoms with E-state index in [0.717, 1.165) is 5.69 Å². The summed E-state index contributed by atoms with van der Waals surface area (Å²) in [5.74, 6) is 5.27. The van der Waals surface area contributed by atoms with Crippen molar-refractivity contribution < 1.29 is 14.6 Å². The highest BCUT2D eigenvalue weighted by Crippen LogP contribution is 2.27. The van der Waals surface area contributed by atoms with E-state index in [0.29, 0.717) is 17.1 Å². The Labute approximate surface area is 133 Å². The van der Waals surface area contributed by atoms with Gasteiger partial charge in [0.15, 0.2) is 22.9 Å². The van der Waals surface area contributed by atoms with Crippen LogP contribution in [0.5, 0.6) is 11.5 Å². The van der Waals surface area contributed by atoms with Crippen molar-refractivity contribution in [2.24, 2.45) is 5.84 Å². The monoisotopic (exact) mass is 319 g/mol. The number of rotatable bonds is 3. The third-order valence-electron chi connectivity index (χ3n) is 2.54. The highest BCUT2D eigenvalue weighted by Gasteiger charge is 2.04. The van der Waals surface area contributed by atoms with Crippen molar-refractivity contribution in [1.29, 1.82) is 0 Å². The number of aldehydes is 1. The number of nitrogens with two attached hydrogens (primary N) is 1. The number of phenolic OH excluding ortho intramolecular Hbond substituents is 1. The Morgan fingerprint density at radius 3 is 2.45 bits per heavy atom. The second-order valence-corrected chi connectivity index (χ2v) is 4.39. The van der Waals surface area contributed by atoms with Gasteiger partial charge in [-0.3, -0.25) is 4.79 Å². The first-order valence-electron chi connectivity index (χ1n) is 6.26. The fraction of sp³-hybridized carbons (Fsp3) is 0.0667. The van der Waals surface area contributed by atoms with Crippen LogP contribution in [0, 0.1) is 0 Å². The van der Waals surface area contributed by atoms with Crippen LogP contribution in [-0.4, -0.2) is 23.6 Å². The van der Waals surface area contributed by atoms with Gasteiger partial charge in [-0.2, -0.15) is 0 Å². The number of carbonyl (C=O) groups is 1. The smallest absolute Gasteiger partial charge is 0.185 e. The number of carbonyl (C=O) groups excluding carboxylic acids is 1. The van der Waals surface area contributed by atoms with E-state index in [4.69, 9.17) is 22.8 Å². The Balaban J connectivity index is 0.000000220. The summed E-state index contributed by atoms with van der Waals surface area (Å²) in [4.78, 5) is 10.3. The first-order valence-corrected chi connectivity index (χ1v) is 6.67. The maximum Gasteiger partial charge on any atom is 0.185 e. The van der Waals surface area contributed by atoms with Gasteiger partial charge in [0, 0.05) is 5.69 Å². The minimum Gasteiger partial charge on any atom is -0.504 e. The number of aromatic hydroxyl groups is 1. The van der Waals surface area contributed by atoms with E-state index in [-0.39, 0.29) is 11.3 Å². The maximum absolute atomic E-state index is 10.3. The second-order valence-electron chi connectivity index (χ2n) is 3.98. The Morgan fingerprint density at radius 1 is 1.23 bits per heavy atom. The largest absolute Gasteiger partial charge is 0.504 e. The number of para-hydroxylation sites is 2. The zero-order valence-electron chi connectivity index (χ0n) is 11.9. The molecule has 0 saturated heterocycles. The summed E-state index contributed by atoms with van der Waals surface area (Å²) in [5, 5.41) is 12.5. The molecule has 116 valence electrons. The second kappa shape index (κ2) is 9.32. The van der Waals surface area contributed by atoms with Crippen molar-refractivity contribution in [2.75, 3.05) is 12.4 Å². The van der Waals surface area contributed by atoms with Crippen molar-refractivity contribution in [3.8, 4) is 11.5 Å².